The lowest BCUT2D eigenvalue weighted by molar-refractivity contribution is -0.140. The lowest BCUT2D eigenvalue weighted by atomic mass is 10.1. The van der Waals surface area contributed by atoms with Gasteiger partial charge in [-0.15, -0.1) is 0 Å². The first-order valence-corrected chi connectivity index (χ1v) is 13.5. The predicted molar refractivity (Wildman–Crippen MR) is 137 cm³/mol. The van der Waals surface area contributed by atoms with Crippen molar-refractivity contribution in [2.45, 2.75) is 66.1 Å². The second-order valence-corrected chi connectivity index (χ2v) is 10.7. The standard InChI is InChI=1S/C26H37N3O4S/c1-7-21-13-15-23(16-14-21)29(34(6,32)33)18-25(30)28(17-22-12-10-9-11-20(22)5)24(8-2)26(31)27-19(3)4/h9-16,19,24H,7-8,17-18H2,1-6H3,(H,27,31)/t24-/m0/s1. The van der Waals surface area contributed by atoms with Crippen LogP contribution in [0.25, 0.3) is 0 Å². The number of hydrogen-bond acceptors (Lipinski definition) is 4. The Morgan fingerprint density at radius 2 is 1.62 bits per heavy atom. The van der Waals surface area contributed by atoms with Gasteiger partial charge in [0.25, 0.3) is 0 Å². The number of hydrogen-bond donors (Lipinski definition) is 1. The fourth-order valence-corrected chi connectivity index (χ4v) is 4.63. The molecule has 0 saturated heterocycles. The largest absolute Gasteiger partial charge is 0.352 e. The van der Waals surface area contributed by atoms with Crippen molar-refractivity contribution in [3.05, 3.63) is 65.2 Å². The predicted octanol–water partition coefficient (Wildman–Crippen LogP) is 3.66. The van der Waals surface area contributed by atoms with Crippen LogP contribution in [0.1, 0.15) is 50.8 Å². The van der Waals surface area contributed by atoms with Crippen molar-refractivity contribution in [1.82, 2.24) is 10.2 Å². The van der Waals surface area contributed by atoms with E-state index in [1.54, 1.807) is 12.1 Å². The molecule has 2 amide bonds. The van der Waals surface area contributed by atoms with Gasteiger partial charge in [0, 0.05) is 12.6 Å². The Kier molecular flexibility index (Phi) is 9.67. The van der Waals surface area contributed by atoms with Crippen molar-refractivity contribution >= 4 is 27.5 Å². The summed E-state index contributed by atoms with van der Waals surface area (Å²) in [6.07, 6.45) is 2.31. The van der Waals surface area contributed by atoms with Crippen LogP contribution in [0.5, 0.6) is 0 Å². The number of benzene rings is 2. The molecule has 0 aliphatic carbocycles. The smallest absolute Gasteiger partial charge is 0.244 e. The average Bonchev–Trinajstić information content (AvgIpc) is 2.77. The Morgan fingerprint density at radius 3 is 2.12 bits per heavy atom. The van der Waals surface area contributed by atoms with E-state index in [2.05, 4.69) is 5.32 Å². The minimum absolute atomic E-state index is 0.0819. The van der Waals surface area contributed by atoms with Crippen LogP contribution < -0.4 is 9.62 Å². The van der Waals surface area contributed by atoms with Crippen molar-refractivity contribution in [1.29, 1.82) is 0 Å². The van der Waals surface area contributed by atoms with Crippen molar-refractivity contribution in [3.63, 3.8) is 0 Å². The van der Waals surface area contributed by atoms with E-state index in [1.807, 2.05) is 71.0 Å². The highest BCUT2D eigenvalue weighted by Crippen LogP contribution is 2.21. The summed E-state index contributed by atoms with van der Waals surface area (Å²) in [4.78, 5) is 28.1. The van der Waals surface area contributed by atoms with Crippen LogP contribution in [0.3, 0.4) is 0 Å². The van der Waals surface area contributed by atoms with E-state index in [1.165, 1.54) is 4.90 Å². The topological polar surface area (TPSA) is 86.8 Å². The SMILES string of the molecule is CCc1ccc(N(CC(=O)N(Cc2ccccc2C)[C@@H](CC)C(=O)NC(C)C)S(C)(=O)=O)cc1. The van der Waals surface area contributed by atoms with E-state index in [0.717, 1.165) is 33.7 Å². The van der Waals surface area contributed by atoms with E-state index in [9.17, 15) is 18.0 Å². The Bertz CT molecular complexity index is 1080. The van der Waals surface area contributed by atoms with Gasteiger partial charge < -0.3 is 10.2 Å². The molecule has 0 aromatic heterocycles. The molecule has 1 atom stereocenters. The van der Waals surface area contributed by atoms with Crippen molar-refractivity contribution in [2.75, 3.05) is 17.1 Å². The molecule has 0 spiro atoms. The molecule has 0 radical (unpaired) electrons. The minimum Gasteiger partial charge on any atom is -0.352 e. The molecule has 8 heteroatoms. The van der Waals surface area contributed by atoms with Gasteiger partial charge in [0.2, 0.25) is 21.8 Å². The number of carbonyl (C=O) groups excluding carboxylic acids is 2. The van der Waals surface area contributed by atoms with Gasteiger partial charge in [-0.2, -0.15) is 0 Å². The molecule has 2 aromatic carbocycles. The van der Waals surface area contributed by atoms with Gasteiger partial charge >= 0.3 is 0 Å². The van der Waals surface area contributed by atoms with Crippen LogP contribution in [0.2, 0.25) is 0 Å². The molecule has 0 saturated carbocycles. The summed E-state index contributed by atoms with van der Waals surface area (Å²) in [5.41, 5.74) is 3.39. The summed E-state index contributed by atoms with van der Waals surface area (Å²) in [5.74, 6) is -0.684. The van der Waals surface area contributed by atoms with E-state index < -0.39 is 22.0 Å². The van der Waals surface area contributed by atoms with Gasteiger partial charge in [0.15, 0.2) is 0 Å². The van der Waals surface area contributed by atoms with Gasteiger partial charge in [-0.05, 0) is 62.4 Å². The number of anilines is 1. The molecule has 186 valence electrons. The second-order valence-electron chi connectivity index (χ2n) is 8.83. The van der Waals surface area contributed by atoms with Crippen LogP contribution in [0.15, 0.2) is 48.5 Å². The Hall–Kier alpha value is -2.87. The van der Waals surface area contributed by atoms with Gasteiger partial charge in [0.1, 0.15) is 12.6 Å². The zero-order valence-electron chi connectivity index (χ0n) is 21.0. The number of aryl methyl sites for hydroxylation is 2. The normalized spacial score (nSPS) is 12.3. The number of nitrogens with zero attached hydrogens (tertiary/aromatic N) is 2. The third-order valence-corrected chi connectivity index (χ3v) is 6.87. The summed E-state index contributed by atoms with van der Waals surface area (Å²) in [5, 5.41) is 2.89. The van der Waals surface area contributed by atoms with Crippen LogP contribution in [-0.2, 0) is 32.6 Å². The van der Waals surface area contributed by atoms with Crippen molar-refractivity contribution < 1.29 is 18.0 Å². The molecular formula is C26H37N3O4S. The number of rotatable bonds is 11. The maximum absolute atomic E-state index is 13.6. The van der Waals surface area contributed by atoms with Crippen LogP contribution in [0, 0.1) is 6.92 Å². The molecule has 0 unspecified atom stereocenters. The zero-order valence-corrected chi connectivity index (χ0v) is 21.9. The number of amides is 2. The molecule has 0 heterocycles. The molecule has 34 heavy (non-hydrogen) atoms. The van der Waals surface area contributed by atoms with Crippen LogP contribution in [0.4, 0.5) is 5.69 Å². The molecule has 0 bridgehead atoms. The lowest BCUT2D eigenvalue weighted by Crippen LogP contribution is -2.53. The first kappa shape index (κ1) is 27.4. The number of nitrogens with one attached hydrogen (secondary N) is 1. The van der Waals surface area contributed by atoms with Gasteiger partial charge in [-0.1, -0.05) is 50.2 Å². The molecule has 2 rings (SSSR count). The van der Waals surface area contributed by atoms with Crippen LogP contribution >= 0.6 is 0 Å². The minimum atomic E-state index is -3.73. The molecule has 1 N–H and O–H groups in total. The molecule has 2 aromatic rings. The average molecular weight is 488 g/mol. The molecule has 0 aliphatic heterocycles. The van der Waals surface area contributed by atoms with Crippen molar-refractivity contribution in [3.8, 4) is 0 Å². The second kappa shape index (κ2) is 12.0. The number of carbonyl (C=O) groups is 2. The Morgan fingerprint density at radius 1 is 1.00 bits per heavy atom. The zero-order chi connectivity index (χ0) is 25.5. The highest BCUT2D eigenvalue weighted by Gasteiger charge is 2.32. The quantitative estimate of drug-likeness (QED) is 0.524. The summed E-state index contributed by atoms with van der Waals surface area (Å²) >= 11 is 0. The summed E-state index contributed by atoms with van der Waals surface area (Å²) in [6.45, 7) is 9.37. The summed E-state index contributed by atoms with van der Waals surface area (Å²) < 4.78 is 26.4. The molecule has 0 aliphatic rings. The Balaban J connectivity index is 2.44. The first-order chi connectivity index (χ1) is 16.0. The van der Waals surface area contributed by atoms with E-state index in [-0.39, 0.29) is 25.0 Å². The third kappa shape index (κ3) is 7.32. The van der Waals surface area contributed by atoms with E-state index in [4.69, 9.17) is 0 Å². The van der Waals surface area contributed by atoms with Gasteiger partial charge in [-0.25, -0.2) is 8.42 Å². The van der Waals surface area contributed by atoms with Crippen LogP contribution in [-0.4, -0.2) is 50.0 Å². The van der Waals surface area contributed by atoms with Gasteiger partial charge in [0.05, 0.1) is 11.9 Å². The fourth-order valence-electron chi connectivity index (χ4n) is 3.78. The highest BCUT2D eigenvalue weighted by molar-refractivity contribution is 7.92. The summed E-state index contributed by atoms with van der Waals surface area (Å²) in [7, 11) is -3.73. The van der Waals surface area contributed by atoms with E-state index in [0.29, 0.717) is 12.1 Å². The Labute approximate surface area is 204 Å². The van der Waals surface area contributed by atoms with E-state index >= 15 is 0 Å². The molecule has 0 fully saturated rings. The monoisotopic (exact) mass is 487 g/mol. The maximum atomic E-state index is 13.6. The first-order valence-electron chi connectivity index (χ1n) is 11.7. The van der Waals surface area contributed by atoms with Gasteiger partial charge in [-0.3, -0.25) is 13.9 Å². The molecule has 7 nitrogen and oxygen atoms in total. The van der Waals surface area contributed by atoms with Crippen molar-refractivity contribution in [2.24, 2.45) is 0 Å². The highest BCUT2D eigenvalue weighted by atomic mass is 32.2. The number of sulfonamides is 1. The third-order valence-electron chi connectivity index (χ3n) is 5.73. The maximum Gasteiger partial charge on any atom is 0.244 e. The summed E-state index contributed by atoms with van der Waals surface area (Å²) in [6, 6.07) is 14.0. The lowest BCUT2D eigenvalue weighted by Gasteiger charge is -2.33. The fraction of sp³-hybridized carbons (Fsp3) is 0.462. The molecular weight excluding hydrogens is 450 g/mol.